The maximum atomic E-state index is 11.8. The first-order valence-electron chi connectivity index (χ1n) is 9.08. The molecule has 1 fully saturated rings. The van der Waals surface area contributed by atoms with Crippen molar-refractivity contribution in [1.82, 2.24) is 9.97 Å². The minimum absolute atomic E-state index is 0. The SMILES string of the molecule is Cl.NCCC1CCCCC1.O=C(O)c1nc2sc3c(c2c(=O)[nH]1)CCC3. The summed E-state index contributed by atoms with van der Waals surface area (Å²) >= 11 is 1.44. The number of rotatable bonds is 3. The van der Waals surface area contributed by atoms with Crippen molar-refractivity contribution < 1.29 is 9.90 Å². The van der Waals surface area contributed by atoms with Gasteiger partial charge >= 0.3 is 5.97 Å². The number of halogens is 1. The summed E-state index contributed by atoms with van der Waals surface area (Å²) in [6.45, 7) is 0.894. The van der Waals surface area contributed by atoms with Crippen LogP contribution in [-0.4, -0.2) is 27.6 Å². The highest BCUT2D eigenvalue weighted by Gasteiger charge is 2.22. The molecule has 0 atom stereocenters. The number of aromatic nitrogens is 2. The van der Waals surface area contributed by atoms with Gasteiger partial charge in [-0.25, -0.2) is 9.78 Å². The van der Waals surface area contributed by atoms with Crippen molar-refractivity contribution >= 4 is 39.9 Å². The van der Waals surface area contributed by atoms with E-state index in [0.29, 0.717) is 10.2 Å². The van der Waals surface area contributed by atoms with Crippen molar-refractivity contribution in [2.45, 2.75) is 57.8 Å². The highest BCUT2D eigenvalue weighted by atomic mass is 35.5. The third-order valence-corrected chi connectivity index (χ3v) is 6.26. The predicted molar refractivity (Wildman–Crippen MR) is 107 cm³/mol. The van der Waals surface area contributed by atoms with Gasteiger partial charge in [0.05, 0.1) is 5.39 Å². The number of hydrogen-bond acceptors (Lipinski definition) is 5. The Balaban J connectivity index is 0.000000210. The number of carbonyl (C=O) groups is 1. The average Bonchev–Trinajstić information content (AvgIpc) is 3.17. The van der Waals surface area contributed by atoms with Gasteiger partial charge in [0.25, 0.3) is 5.56 Å². The van der Waals surface area contributed by atoms with Gasteiger partial charge in [0.1, 0.15) is 4.83 Å². The Morgan fingerprint density at radius 3 is 2.62 bits per heavy atom. The number of carboxylic acids is 1. The number of aromatic carboxylic acids is 1. The standard InChI is InChI=1S/C10H8N2O3S.C8H17N.ClH/c13-8-6-4-2-1-3-5(4)16-9(6)12-7(11-8)10(14)15;9-7-6-8-4-2-1-3-5-8;/h1-3H2,(H,14,15)(H,11,12,13);8H,1-7,9H2;1H. The van der Waals surface area contributed by atoms with E-state index in [0.717, 1.165) is 37.3 Å². The third kappa shape index (κ3) is 4.64. The van der Waals surface area contributed by atoms with Crippen molar-refractivity contribution in [3.05, 3.63) is 26.6 Å². The van der Waals surface area contributed by atoms with E-state index in [-0.39, 0.29) is 23.8 Å². The molecule has 0 saturated heterocycles. The minimum Gasteiger partial charge on any atom is -0.475 e. The summed E-state index contributed by atoms with van der Waals surface area (Å²) in [5.41, 5.74) is 6.19. The predicted octanol–water partition coefficient (Wildman–Crippen LogP) is 3.51. The zero-order chi connectivity index (χ0) is 17.8. The van der Waals surface area contributed by atoms with Gasteiger partial charge in [0, 0.05) is 4.88 Å². The van der Waals surface area contributed by atoms with Crippen LogP contribution >= 0.6 is 23.7 Å². The van der Waals surface area contributed by atoms with Crippen molar-refractivity contribution in [3.63, 3.8) is 0 Å². The maximum Gasteiger partial charge on any atom is 0.372 e. The van der Waals surface area contributed by atoms with Gasteiger partial charge in [-0.2, -0.15) is 0 Å². The van der Waals surface area contributed by atoms with Gasteiger partial charge < -0.3 is 15.8 Å². The smallest absolute Gasteiger partial charge is 0.372 e. The van der Waals surface area contributed by atoms with Crippen LogP contribution in [0.2, 0.25) is 0 Å². The van der Waals surface area contributed by atoms with E-state index >= 15 is 0 Å². The Bertz CT molecular complexity index is 809. The number of thiophene rings is 1. The van der Waals surface area contributed by atoms with Crippen LogP contribution < -0.4 is 11.3 Å². The lowest BCUT2D eigenvalue weighted by atomic mass is 9.87. The molecular formula is C18H26ClN3O3S. The van der Waals surface area contributed by atoms with Crippen molar-refractivity contribution in [2.75, 3.05) is 6.54 Å². The van der Waals surface area contributed by atoms with Crippen LogP contribution in [0.3, 0.4) is 0 Å². The number of carboxylic acid groups (broad SMARTS) is 1. The van der Waals surface area contributed by atoms with Crippen LogP contribution in [0.5, 0.6) is 0 Å². The molecule has 0 spiro atoms. The first-order valence-corrected chi connectivity index (χ1v) is 9.89. The lowest BCUT2D eigenvalue weighted by molar-refractivity contribution is 0.0683. The molecule has 0 aliphatic heterocycles. The summed E-state index contributed by atoms with van der Waals surface area (Å²) < 4.78 is 0. The summed E-state index contributed by atoms with van der Waals surface area (Å²) in [4.78, 5) is 30.5. The fourth-order valence-electron chi connectivity index (χ4n) is 3.82. The first kappa shape index (κ1) is 20.9. The molecule has 4 N–H and O–H groups in total. The fourth-order valence-corrected chi connectivity index (χ4v) is 5.08. The second-order valence-corrected chi connectivity index (χ2v) is 7.92. The van der Waals surface area contributed by atoms with Gasteiger partial charge in [-0.1, -0.05) is 32.1 Å². The Morgan fingerprint density at radius 2 is 1.96 bits per heavy atom. The molecule has 0 bridgehead atoms. The van der Waals surface area contributed by atoms with Crippen LogP contribution in [0.25, 0.3) is 10.2 Å². The van der Waals surface area contributed by atoms with Gasteiger partial charge in [-0.3, -0.25) is 4.79 Å². The fraction of sp³-hybridized carbons (Fsp3) is 0.611. The van der Waals surface area contributed by atoms with Crippen LogP contribution in [-0.2, 0) is 12.8 Å². The number of fused-ring (bicyclic) bond motifs is 3. The van der Waals surface area contributed by atoms with E-state index in [1.54, 1.807) is 0 Å². The number of hydrogen-bond donors (Lipinski definition) is 3. The molecule has 0 radical (unpaired) electrons. The number of H-pyrrole nitrogens is 1. The zero-order valence-corrected chi connectivity index (χ0v) is 16.4. The number of aryl methyl sites for hydroxylation is 2. The molecule has 0 amide bonds. The van der Waals surface area contributed by atoms with Crippen LogP contribution in [0.1, 0.15) is 66.0 Å². The zero-order valence-electron chi connectivity index (χ0n) is 14.8. The Hall–Kier alpha value is -1.44. The van der Waals surface area contributed by atoms with Crippen LogP contribution in [0.4, 0.5) is 0 Å². The van der Waals surface area contributed by atoms with Gasteiger partial charge in [-0.05, 0) is 43.7 Å². The number of nitrogens with one attached hydrogen (secondary N) is 1. The lowest BCUT2D eigenvalue weighted by Gasteiger charge is -2.20. The molecule has 0 unspecified atom stereocenters. The van der Waals surface area contributed by atoms with Gasteiger partial charge in [0.2, 0.25) is 5.82 Å². The Morgan fingerprint density at radius 1 is 1.23 bits per heavy atom. The second kappa shape index (κ2) is 9.48. The Labute approximate surface area is 162 Å². The van der Waals surface area contributed by atoms with Gasteiger partial charge in [0.15, 0.2) is 0 Å². The third-order valence-electron chi connectivity index (χ3n) is 5.08. The van der Waals surface area contributed by atoms with Crippen LogP contribution in [0, 0.1) is 5.92 Å². The highest BCUT2D eigenvalue weighted by molar-refractivity contribution is 7.18. The summed E-state index contributed by atoms with van der Waals surface area (Å²) in [6.07, 6.45) is 11.4. The van der Waals surface area contributed by atoms with Crippen molar-refractivity contribution in [1.29, 1.82) is 0 Å². The van der Waals surface area contributed by atoms with E-state index in [4.69, 9.17) is 10.8 Å². The van der Waals surface area contributed by atoms with E-state index in [1.807, 2.05) is 0 Å². The summed E-state index contributed by atoms with van der Waals surface area (Å²) in [5.74, 6) is -0.506. The topological polar surface area (TPSA) is 109 Å². The maximum absolute atomic E-state index is 11.8. The molecule has 6 nitrogen and oxygen atoms in total. The van der Waals surface area contributed by atoms with Crippen molar-refractivity contribution in [3.8, 4) is 0 Å². The quantitative estimate of drug-likeness (QED) is 0.731. The summed E-state index contributed by atoms with van der Waals surface area (Å²) in [7, 11) is 0. The molecule has 144 valence electrons. The monoisotopic (exact) mass is 399 g/mol. The minimum atomic E-state index is -1.20. The van der Waals surface area contributed by atoms with E-state index in [9.17, 15) is 9.59 Å². The van der Waals surface area contributed by atoms with Crippen LogP contribution in [0.15, 0.2) is 4.79 Å². The molecule has 2 aliphatic rings. The van der Waals surface area contributed by atoms with Gasteiger partial charge in [-0.15, -0.1) is 23.7 Å². The molecule has 4 rings (SSSR count). The summed E-state index contributed by atoms with van der Waals surface area (Å²) in [6, 6.07) is 0. The number of nitrogens with zero attached hydrogens (tertiary/aromatic N) is 1. The van der Waals surface area contributed by atoms with Crippen molar-refractivity contribution in [2.24, 2.45) is 11.7 Å². The second-order valence-electron chi connectivity index (χ2n) is 6.84. The molecular weight excluding hydrogens is 374 g/mol. The molecule has 2 heterocycles. The van der Waals surface area contributed by atoms with E-state index < -0.39 is 5.97 Å². The molecule has 2 aromatic heterocycles. The first-order chi connectivity index (χ1) is 12.1. The molecule has 1 saturated carbocycles. The normalized spacial score (nSPS) is 16.5. The summed E-state index contributed by atoms with van der Waals surface area (Å²) in [5, 5.41) is 9.37. The van der Waals surface area contributed by atoms with E-state index in [1.165, 1.54) is 54.7 Å². The number of nitrogens with two attached hydrogens (primary N) is 1. The molecule has 8 heteroatoms. The molecule has 2 aromatic rings. The average molecular weight is 400 g/mol. The largest absolute Gasteiger partial charge is 0.475 e. The number of aromatic amines is 1. The molecule has 0 aromatic carbocycles. The molecule has 2 aliphatic carbocycles. The Kier molecular flexibility index (Phi) is 7.61. The van der Waals surface area contributed by atoms with E-state index in [2.05, 4.69) is 9.97 Å². The highest BCUT2D eigenvalue weighted by Crippen LogP contribution is 2.34. The molecule has 26 heavy (non-hydrogen) atoms. The lowest BCUT2D eigenvalue weighted by Crippen LogP contribution is -2.15.